The van der Waals surface area contributed by atoms with Crippen molar-refractivity contribution in [2.75, 3.05) is 19.7 Å². The van der Waals surface area contributed by atoms with Gasteiger partial charge in [-0.2, -0.15) is 4.80 Å². The number of aryl methyl sites for hydroxylation is 1. The van der Waals surface area contributed by atoms with Crippen LogP contribution in [0.2, 0.25) is 0 Å². The van der Waals surface area contributed by atoms with Gasteiger partial charge in [-0.3, -0.25) is 9.69 Å². The molecule has 1 saturated heterocycles. The number of ether oxygens (including phenoxy) is 1. The molecule has 1 aromatic carbocycles. The van der Waals surface area contributed by atoms with E-state index in [1.165, 1.54) is 5.56 Å². The molecule has 1 aromatic heterocycles. The van der Waals surface area contributed by atoms with E-state index in [-0.39, 0.29) is 11.9 Å². The number of carbonyl (C=O) groups excluding carboxylic acids is 1. The topological polar surface area (TPSA) is 73.1 Å². The van der Waals surface area contributed by atoms with Gasteiger partial charge in [-0.25, -0.2) is 0 Å². The third kappa shape index (κ3) is 4.42. The van der Waals surface area contributed by atoms with Gasteiger partial charge in [-0.15, -0.1) is 10.2 Å². The Balaban J connectivity index is 1.53. The van der Waals surface area contributed by atoms with E-state index in [1.54, 1.807) is 4.80 Å². The summed E-state index contributed by atoms with van der Waals surface area (Å²) in [5.74, 6) is 0.675. The zero-order chi connectivity index (χ0) is 17.6. The van der Waals surface area contributed by atoms with Gasteiger partial charge in [0.25, 0.3) is 0 Å². The summed E-state index contributed by atoms with van der Waals surface area (Å²) >= 11 is 0. The molecule has 134 valence electrons. The van der Waals surface area contributed by atoms with Crippen molar-refractivity contribution < 1.29 is 9.53 Å². The lowest BCUT2D eigenvalue weighted by Gasteiger charge is -2.30. The highest BCUT2D eigenvalue weighted by Gasteiger charge is 2.25. The van der Waals surface area contributed by atoms with Crippen molar-refractivity contribution in [3.63, 3.8) is 0 Å². The van der Waals surface area contributed by atoms with E-state index in [1.807, 2.05) is 26.0 Å². The van der Waals surface area contributed by atoms with Gasteiger partial charge in [-0.1, -0.05) is 24.3 Å². The third-order valence-corrected chi connectivity index (χ3v) is 4.56. The zero-order valence-electron chi connectivity index (χ0n) is 14.9. The molecule has 3 rings (SSSR count). The van der Waals surface area contributed by atoms with Crippen molar-refractivity contribution in [2.45, 2.75) is 39.8 Å². The van der Waals surface area contributed by atoms with Crippen molar-refractivity contribution in [3.8, 4) is 11.4 Å². The molecule has 1 aliphatic heterocycles. The fourth-order valence-corrected chi connectivity index (χ4v) is 3.10. The average molecular weight is 343 g/mol. The number of benzene rings is 1. The highest BCUT2D eigenvalue weighted by Crippen LogP contribution is 2.21. The van der Waals surface area contributed by atoms with Crippen LogP contribution in [0.5, 0.6) is 0 Å². The molecule has 1 fully saturated rings. The van der Waals surface area contributed by atoms with Crippen LogP contribution < -0.4 is 0 Å². The first-order valence-electron chi connectivity index (χ1n) is 8.95. The summed E-state index contributed by atoms with van der Waals surface area (Å²) in [7, 11) is 0. The van der Waals surface area contributed by atoms with E-state index < -0.39 is 0 Å². The summed E-state index contributed by atoms with van der Waals surface area (Å²) in [6, 6.07) is 8.30. The van der Waals surface area contributed by atoms with E-state index in [4.69, 9.17) is 4.74 Å². The lowest BCUT2D eigenvalue weighted by Crippen LogP contribution is -2.36. The molecular weight excluding hydrogens is 318 g/mol. The number of likely N-dealkylation sites (tertiary alicyclic amines) is 1. The molecule has 0 aliphatic carbocycles. The van der Waals surface area contributed by atoms with Crippen molar-refractivity contribution in [1.82, 2.24) is 25.1 Å². The van der Waals surface area contributed by atoms with Gasteiger partial charge < -0.3 is 4.74 Å². The van der Waals surface area contributed by atoms with Gasteiger partial charge in [0.15, 0.2) is 0 Å². The number of nitrogens with zero attached hydrogens (tertiary/aromatic N) is 5. The summed E-state index contributed by atoms with van der Waals surface area (Å²) in [5.41, 5.74) is 2.23. The SMILES string of the molecule is CCOC(=O)C1CCN(Cc2ccc(-c3nnn(CC)n3)cc2)CC1. The van der Waals surface area contributed by atoms with Gasteiger partial charge in [0.1, 0.15) is 0 Å². The minimum atomic E-state index is -0.0425. The van der Waals surface area contributed by atoms with Crippen LogP contribution in [0, 0.1) is 5.92 Å². The molecule has 0 bridgehead atoms. The Morgan fingerprint density at radius 2 is 1.92 bits per heavy atom. The fourth-order valence-electron chi connectivity index (χ4n) is 3.10. The van der Waals surface area contributed by atoms with E-state index in [0.717, 1.165) is 38.0 Å². The second kappa shape index (κ2) is 8.20. The quantitative estimate of drug-likeness (QED) is 0.748. The van der Waals surface area contributed by atoms with Crippen molar-refractivity contribution in [2.24, 2.45) is 5.92 Å². The summed E-state index contributed by atoms with van der Waals surface area (Å²) in [6.45, 7) is 7.77. The minimum absolute atomic E-state index is 0.0425. The fraction of sp³-hybridized carbons (Fsp3) is 0.556. The smallest absolute Gasteiger partial charge is 0.309 e. The second-order valence-corrected chi connectivity index (χ2v) is 6.30. The number of hydrogen-bond acceptors (Lipinski definition) is 6. The molecule has 0 amide bonds. The molecule has 25 heavy (non-hydrogen) atoms. The molecule has 0 saturated carbocycles. The molecule has 1 aliphatic rings. The molecular formula is C18H25N5O2. The molecule has 2 aromatic rings. The summed E-state index contributed by atoms with van der Waals surface area (Å²) in [5, 5.41) is 12.4. The van der Waals surface area contributed by atoms with Gasteiger partial charge in [0, 0.05) is 12.1 Å². The highest BCUT2D eigenvalue weighted by molar-refractivity contribution is 5.72. The van der Waals surface area contributed by atoms with E-state index >= 15 is 0 Å². The summed E-state index contributed by atoms with van der Waals surface area (Å²) in [6.07, 6.45) is 1.75. The van der Waals surface area contributed by atoms with Gasteiger partial charge in [0.2, 0.25) is 5.82 Å². The Bertz CT molecular complexity index is 690. The monoisotopic (exact) mass is 343 g/mol. The van der Waals surface area contributed by atoms with Gasteiger partial charge in [-0.05, 0) is 50.6 Å². The normalized spacial score (nSPS) is 16.1. The van der Waals surface area contributed by atoms with Crippen LogP contribution in [0.1, 0.15) is 32.3 Å². The Morgan fingerprint density at radius 1 is 1.20 bits per heavy atom. The van der Waals surface area contributed by atoms with E-state index in [2.05, 4.69) is 32.4 Å². The third-order valence-electron chi connectivity index (χ3n) is 4.56. The van der Waals surface area contributed by atoms with Crippen LogP contribution in [0.3, 0.4) is 0 Å². The second-order valence-electron chi connectivity index (χ2n) is 6.30. The highest BCUT2D eigenvalue weighted by atomic mass is 16.5. The first-order valence-corrected chi connectivity index (χ1v) is 8.95. The van der Waals surface area contributed by atoms with Crippen molar-refractivity contribution in [1.29, 1.82) is 0 Å². The largest absolute Gasteiger partial charge is 0.466 e. The first-order chi connectivity index (χ1) is 12.2. The Hall–Kier alpha value is -2.28. The molecule has 0 spiro atoms. The van der Waals surface area contributed by atoms with Crippen molar-refractivity contribution >= 4 is 5.97 Å². The molecule has 0 N–H and O–H groups in total. The van der Waals surface area contributed by atoms with Crippen LogP contribution in [-0.4, -0.2) is 50.8 Å². The van der Waals surface area contributed by atoms with E-state index in [9.17, 15) is 4.79 Å². The molecule has 7 heteroatoms. The first kappa shape index (κ1) is 17.5. The summed E-state index contributed by atoms with van der Waals surface area (Å²) < 4.78 is 5.12. The lowest BCUT2D eigenvalue weighted by atomic mass is 9.96. The molecule has 0 radical (unpaired) electrons. The van der Waals surface area contributed by atoms with Crippen molar-refractivity contribution in [3.05, 3.63) is 29.8 Å². The standard InChI is InChI=1S/C18H25N5O2/c1-3-23-20-17(19-21-23)15-7-5-14(6-8-15)13-22-11-9-16(10-12-22)18(24)25-4-2/h5-8,16H,3-4,9-13H2,1-2H3. The van der Waals surface area contributed by atoms with Crippen LogP contribution in [-0.2, 0) is 22.6 Å². The number of carbonyl (C=O) groups is 1. The lowest BCUT2D eigenvalue weighted by molar-refractivity contribution is -0.149. The number of rotatable bonds is 6. The van der Waals surface area contributed by atoms with Crippen LogP contribution >= 0.6 is 0 Å². The Labute approximate surface area is 148 Å². The number of piperidine rings is 1. The maximum Gasteiger partial charge on any atom is 0.309 e. The number of aromatic nitrogens is 4. The summed E-state index contributed by atoms with van der Waals surface area (Å²) in [4.78, 5) is 15.8. The Morgan fingerprint density at radius 3 is 2.52 bits per heavy atom. The zero-order valence-corrected chi connectivity index (χ0v) is 14.9. The van der Waals surface area contributed by atoms with Gasteiger partial charge >= 0.3 is 5.97 Å². The van der Waals surface area contributed by atoms with E-state index in [0.29, 0.717) is 19.0 Å². The van der Waals surface area contributed by atoms with Crippen LogP contribution in [0.15, 0.2) is 24.3 Å². The Kier molecular flexibility index (Phi) is 5.75. The number of hydrogen-bond donors (Lipinski definition) is 0. The molecule has 0 atom stereocenters. The minimum Gasteiger partial charge on any atom is -0.466 e. The number of esters is 1. The number of tetrazole rings is 1. The van der Waals surface area contributed by atoms with Crippen LogP contribution in [0.4, 0.5) is 0 Å². The van der Waals surface area contributed by atoms with Crippen LogP contribution in [0.25, 0.3) is 11.4 Å². The molecule has 0 unspecified atom stereocenters. The molecule has 2 heterocycles. The maximum atomic E-state index is 11.8. The molecule has 7 nitrogen and oxygen atoms in total. The maximum absolute atomic E-state index is 11.8. The van der Waals surface area contributed by atoms with Gasteiger partial charge in [0.05, 0.1) is 19.1 Å². The average Bonchev–Trinajstić information content (AvgIpc) is 3.12. The predicted octanol–water partition coefficient (Wildman–Crippen LogP) is 2.14. The predicted molar refractivity (Wildman–Crippen MR) is 93.6 cm³/mol.